The summed E-state index contributed by atoms with van der Waals surface area (Å²) in [4.78, 5) is 1.01. The van der Waals surface area contributed by atoms with Crippen molar-refractivity contribution in [2.24, 2.45) is 12.2 Å². The molecular weight excluding hydrogens is 158 g/mol. The van der Waals surface area contributed by atoms with E-state index in [0.717, 1.165) is 4.80 Å². The molecular formula is C2H5N5O2S. The zero-order valence-electron chi connectivity index (χ0n) is 5.09. The fraction of sp³-hybridized carbons (Fsp3) is 0.500. The van der Waals surface area contributed by atoms with Gasteiger partial charge in [-0.2, -0.15) is 4.80 Å². The van der Waals surface area contributed by atoms with E-state index in [2.05, 4.69) is 20.5 Å². The molecule has 0 aliphatic rings. The summed E-state index contributed by atoms with van der Waals surface area (Å²) < 4.78 is 20.9. The molecule has 1 rings (SSSR count). The van der Waals surface area contributed by atoms with E-state index in [-0.39, 0.29) is 0 Å². The molecule has 0 bridgehead atoms. The molecule has 8 heteroatoms. The Hall–Kier alpha value is -1.02. The lowest BCUT2D eigenvalue weighted by molar-refractivity contribution is 0.584. The molecule has 2 N–H and O–H groups in total. The Labute approximate surface area is 56.9 Å². The Morgan fingerprint density at radius 2 is 2.20 bits per heavy atom. The number of hydrogen-bond donors (Lipinski definition) is 1. The van der Waals surface area contributed by atoms with Crippen LogP contribution in [0, 0.1) is 0 Å². The van der Waals surface area contributed by atoms with Gasteiger partial charge in [0.05, 0.1) is 7.05 Å². The van der Waals surface area contributed by atoms with E-state index in [1.165, 1.54) is 7.05 Å². The molecule has 0 spiro atoms. The van der Waals surface area contributed by atoms with Crippen LogP contribution in [0.3, 0.4) is 0 Å². The van der Waals surface area contributed by atoms with Crippen LogP contribution >= 0.6 is 0 Å². The van der Waals surface area contributed by atoms with Crippen molar-refractivity contribution >= 4 is 10.0 Å². The lowest BCUT2D eigenvalue weighted by atomic mass is 11.4. The van der Waals surface area contributed by atoms with Crippen LogP contribution in [0.5, 0.6) is 0 Å². The van der Waals surface area contributed by atoms with Crippen LogP contribution in [0.1, 0.15) is 0 Å². The van der Waals surface area contributed by atoms with E-state index in [0.29, 0.717) is 0 Å². The van der Waals surface area contributed by atoms with Gasteiger partial charge in [0.15, 0.2) is 0 Å². The molecule has 56 valence electrons. The third kappa shape index (κ3) is 1.28. The van der Waals surface area contributed by atoms with Gasteiger partial charge >= 0.3 is 5.16 Å². The van der Waals surface area contributed by atoms with Gasteiger partial charge in [-0.3, -0.25) is 0 Å². The summed E-state index contributed by atoms with van der Waals surface area (Å²) in [7, 11) is -2.34. The van der Waals surface area contributed by atoms with E-state index in [4.69, 9.17) is 0 Å². The fourth-order valence-corrected chi connectivity index (χ4v) is 0.763. The zero-order chi connectivity index (χ0) is 7.78. The first-order valence-corrected chi connectivity index (χ1v) is 3.81. The SMILES string of the molecule is Cn1nnc(S(N)(=O)=O)n1. The summed E-state index contributed by atoms with van der Waals surface area (Å²) >= 11 is 0. The zero-order valence-corrected chi connectivity index (χ0v) is 5.91. The third-order valence-corrected chi connectivity index (χ3v) is 1.42. The molecule has 0 fully saturated rings. The second-order valence-corrected chi connectivity index (χ2v) is 3.06. The van der Waals surface area contributed by atoms with Crippen molar-refractivity contribution in [2.45, 2.75) is 5.16 Å². The van der Waals surface area contributed by atoms with Crippen LogP contribution in [0.4, 0.5) is 0 Å². The number of nitrogens with two attached hydrogens (primary N) is 1. The normalized spacial score (nSPS) is 11.8. The van der Waals surface area contributed by atoms with E-state index in [9.17, 15) is 8.42 Å². The highest BCUT2D eigenvalue weighted by molar-refractivity contribution is 7.89. The average molecular weight is 163 g/mol. The fourth-order valence-electron chi connectivity index (χ4n) is 0.381. The lowest BCUT2D eigenvalue weighted by Gasteiger charge is -1.83. The molecule has 1 aromatic heterocycles. The third-order valence-electron chi connectivity index (χ3n) is 0.744. The second kappa shape index (κ2) is 1.99. The minimum Gasteiger partial charge on any atom is -0.222 e. The summed E-state index contributed by atoms with van der Waals surface area (Å²) in [6.45, 7) is 0. The standard InChI is InChI=1S/C2H5N5O2S/c1-7-5-2(4-6-7)10(3,8)9/h1H3,(H2,3,8,9). The van der Waals surface area contributed by atoms with Gasteiger partial charge in [0.2, 0.25) is 0 Å². The van der Waals surface area contributed by atoms with Gasteiger partial charge in [-0.15, -0.1) is 5.10 Å². The van der Waals surface area contributed by atoms with Crippen molar-refractivity contribution in [1.82, 2.24) is 20.2 Å². The van der Waals surface area contributed by atoms with E-state index >= 15 is 0 Å². The maximum Gasteiger partial charge on any atom is 0.303 e. The Morgan fingerprint density at radius 1 is 1.60 bits per heavy atom. The van der Waals surface area contributed by atoms with Crippen molar-refractivity contribution < 1.29 is 8.42 Å². The van der Waals surface area contributed by atoms with Crippen LogP contribution < -0.4 is 5.14 Å². The van der Waals surface area contributed by atoms with Crippen molar-refractivity contribution in [1.29, 1.82) is 0 Å². The van der Waals surface area contributed by atoms with Gasteiger partial charge in [0.25, 0.3) is 10.0 Å². The molecule has 0 radical (unpaired) electrons. The molecule has 10 heavy (non-hydrogen) atoms. The molecule has 0 atom stereocenters. The summed E-state index contributed by atoms with van der Waals surface area (Å²) in [5, 5.41) is 14.0. The number of nitrogens with zero attached hydrogens (tertiary/aromatic N) is 4. The highest BCUT2D eigenvalue weighted by Gasteiger charge is 2.13. The van der Waals surface area contributed by atoms with Crippen molar-refractivity contribution in [3.63, 3.8) is 0 Å². The first-order valence-electron chi connectivity index (χ1n) is 2.27. The van der Waals surface area contributed by atoms with Gasteiger partial charge in [-0.25, -0.2) is 13.6 Å². The molecule has 0 amide bonds. The predicted octanol–water partition coefficient (Wildman–Crippen LogP) is -2.14. The Balaban J connectivity index is 3.21. The smallest absolute Gasteiger partial charge is 0.222 e. The molecule has 0 aliphatic carbocycles. The topological polar surface area (TPSA) is 104 Å². The quantitative estimate of drug-likeness (QED) is 0.508. The maximum absolute atomic E-state index is 10.4. The molecule has 0 aromatic carbocycles. The van der Waals surface area contributed by atoms with Crippen LogP contribution in [0.2, 0.25) is 0 Å². The summed E-state index contributed by atoms with van der Waals surface area (Å²) in [5.41, 5.74) is 0. The van der Waals surface area contributed by atoms with Crippen LogP contribution in [0.15, 0.2) is 5.16 Å². The average Bonchev–Trinajstić information content (AvgIpc) is 2.11. The summed E-state index contributed by atoms with van der Waals surface area (Å²) in [6.07, 6.45) is 0. The Kier molecular flexibility index (Phi) is 1.41. The van der Waals surface area contributed by atoms with Crippen molar-refractivity contribution in [3.05, 3.63) is 0 Å². The molecule has 1 aromatic rings. The second-order valence-electron chi connectivity index (χ2n) is 1.61. The largest absolute Gasteiger partial charge is 0.303 e. The molecule has 0 saturated heterocycles. The Morgan fingerprint density at radius 3 is 2.40 bits per heavy atom. The first-order chi connectivity index (χ1) is 4.50. The van der Waals surface area contributed by atoms with Crippen molar-refractivity contribution in [3.8, 4) is 0 Å². The predicted molar refractivity (Wildman–Crippen MR) is 30.2 cm³/mol. The monoisotopic (exact) mass is 163 g/mol. The first kappa shape index (κ1) is 7.09. The number of hydrogen-bond acceptors (Lipinski definition) is 5. The summed E-state index contributed by atoms with van der Waals surface area (Å²) in [6, 6.07) is 0. The molecule has 0 unspecified atom stereocenters. The summed E-state index contributed by atoms with van der Waals surface area (Å²) in [5.74, 6) is 0. The highest BCUT2D eigenvalue weighted by atomic mass is 32.2. The van der Waals surface area contributed by atoms with Gasteiger partial charge in [0.1, 0.15) is 0 Å². The molecule has 7 nitrogen and oxygen atoms in total. The van der Waals surface area contributed by atoms with Crippen LogP contribution in [-0.2, 0) is 17.1 Å². The molecule has 0 aliphatic heterocycles. The number of sulfonamides is 1. The van der Waals surface area contributed by atoms with Gasteiger partial charge in [0, 0.05) is 0 Å². The van der Waals surface area contributed by atoms with Gasteiger partial charge < -0.3 is 0 Å². The van der Waals surface area contributed by atoms with E-state index < -0.39 is 15.2 Å². The number of rotatable bonds is 1. The Bertz CT molecular complexity index is 325. The van der Waals surface area contributed by atoms with Gasteiger partial charge in [-0.05, 0) is 5.21 Å². The van der Waals surface area contributed by atoms with Crippen LogP contribution in [-0.4, -0.2) is 28.6 Å². The number of aryl methyl sites for hydroxylation is 1. The molecule has 1 heterocycles. The molecule has 0 saturated carbocycles. The number of primary sulfonamides is 1. The lowest BCUT2D eigenvalue weighted by Crippen LogP contribution is -2.14. The highest BCUT2D eigenvalue weighted by Crippen LogP contribution is 1.91. The van der Waals surface area contributed by atoms with Crippen molar-refractivity contribution in [2.75, 3.05) is 0 Å². The van der Waals surface area contributed by atoms with E-state index in [1.807, 2.05) is 0 Å². The minimum absolute atomic E-state index is 0.463. The van der Waals surface area contributed by atoms with Crippen LogP contribution in [0.25, 0.3) is 0 Å². The minimum atomic E-state index is -3.79. The maximum atomic E-state index is 10.4. The van der Waals surface area contributed by atoms with E-state index in [1.54, 1.807) is 0 Å². The number of tetrazole rings is 1. The van der Waals surface area contributed by atoms with Gasteiger partial charge in [-0.1, -0.05) is 5.10 Å². The number of aromatic nitrogens is 4.